The molecule has 0 spiro atoms. The molecular formula is C24H34N2O4. The van der Waals surface area contributed by atoms with Crippen LogP contribution in [0.15, 0.2) is 36.4 Å². The Morgan fingerprint density at radius 2 is 2.07 bits per heavy atom. The minimum absolute atomic E-state index is 0.0101. The maximum Gasteiger partial charge on any atom is 0.242 e. The van der Waals surface area contributed by atoms with Crippen LogP contribution in [0.25, 0.3) is 0 Å². The lowest BCUT2D eigenvalue weighted by atomic mass is 9.93. The second-order valence-electron chi connectivity index (χ2n) is 8.68. The molecule has 0 radical (unpaired) electrons. The largest absolute Gasteiger partial charge is 0.497 e. The fourth-order valence-electron chi connectivity index (χ4n) is 4.12. The molecule has 1 heterocycles. The van der Waals surface area contributed by atoms with E-state index in [0.717, 1.165) is 30.6 Å². The van der Waals surface area contributed by atoms with Crippen molar-refractivity contribution in [3.63, 3.8) is 0 Å². The summed E-state index contributed by atoms with van der Waals surface area (Å²) in [5, 5.41) is 0. The minimum atomic E-state index is -0.218. The number of carbonyl (C=O) groups excluding carboxylic acids is 2. The van der Waals surface area contributed by atoms with Gasteiger partial charge in [0.25, 0.3) is 0 Å². The van der Waals surface area contributed by atoms with Gasteiger partial charge in [-0.05, 0) is 42.9 Å². The molecule has 6 nitrogen and oxygen atoms in total. The first-order valence-electron chi connectivity index (χ1n) is 10.9. The maximum atomic E-state index is 13.1. The van der Waals surface area contributed by atoms with E-state index in [1.165, 1.54) is 0 Å². The highest BCUT2D eigenvalue weighted by Crippen LogP contribution is 2.23. The lowest BCUT2D eigenvalue weighted by Gasteiger charge is -2.28. The molecule has 0 saturated carbocycles. The van der Waals surface area contributed by atoms with E-state index in [0.29, 0.717) is 32.2 Å². The van der Waals surface area contributed by atoms with Crippen molar-refractivity contribution >= 4 is 11.8 Å². The highest BCUT2D eigenvalue weighted by Gasteiger charge is 2.33. The van der Waals surface area contributed by atoms with Gasteiger partial charge in [-0.25, -0.2) is 0 Å². The molecule has 1 aromatic carbocycles. The van der Waals surface area contributed by atoms with E-state index in [-0.39, 0.29) is 30.4 Å². The van der Waals surface area contributed by atoms with Crippen LogP contribution in [0.3, 0.4) is 0 Å². The van der Waals surface area contributed by atoms with Gasteiger partial charge in [0.15, 0.2) is 0 Å². The number of carbonyl (C=O) groups is 2. The summed E-state index contributed by atoms with van der Waals surface area (Å²) in [6.45, 7) is 6.39. The van der Waals surface area contributed by atoms with E-state index in [1.807, 2.05) is 29.2 Å². The molecule has 0 bridgehead atoms. The number of hydrogen-bond donors (Lipinski definition) is 0. The lowest BCUT2D eigenvalue weighted by Crippen LogP contribution is -2.43. The quantitative estimate of drug-likeness (QED) is 0.643. The van der Waals surface area contributed by atoms with Crippen LogP contribution >= 0.6 is 0 Å². The third-order valence-corrected chi connectivity index (χ3v) is 5.66. The number of benzene rings is 1. The average Bonchev–Trinajstić information content (AvgIpc) is 2.91. The molecule has 2 aliphatic rings. The van der Waals surface area contributed by atoms with E-state index in [9.17, 15) is 9.59 Å². The number of nitrogens with zero attached hydrogens (tertiary/aromatic N) is 2. The Kier molecular flexibility index (Phi) is 7.91. The molecule has 6 heteroatoms. The zero-order chi connectivity index (χ0) is 21.5. The summed E-state index contributed by atoms with van der Waals surface area (Å²) < 4.78 is 11.5. The minimum Gasteiger partial charge on any atom is -0.497 e. The Balaban J connectivity index is 1.71. The summed E-state index contributed by atoms with van der Waals surface area (Å²) in [7, 11) is 1.64. The molecule has 1 saturated heterocycles. The molecule has 0 unspecified atom stereocenters. The summed E-state index contributed by atoms with van der Waals surface area (Å²) in [6, 6.07) is 7.78. The number of ether oxygens (including phenoxy) is 2. The number of rotatable bonds is 7. The molecule has 0 N–H and O–H groups in total. The third-order valence-electron chi connectivity index (χ3n) is 5.66. The lowest BCUT2D eigenvalue weighted by molar-refractivity contribution is -0.141. The normalized spacial score (nSPS) is 22.3. The van der Waals surface area contributed by atoms with Crippen LogP contribution in [0.5, 0.6) is 5.75 Å². The number of hydrogen-bond acceptors (Lipinski definition) is 4. The van der Waals surface area contributed by atoms with Crippen LogP contribution in [0, 0.1) is 11.8 Å². The number of methoxy groups -OCH3 is 1. The van der Waals surface area contributed by atoms with Crippen molar-refractivity contribution in [2.75, 3.05) is 33.3 Å². The summed E-state index contributed by atoms with van der Waals surface area (Å²) in [5.74, 6) is 1.21. The second kappa shape index (κ2) is 10.6. The first-order valence-corrected chi connectivity index (χ1v) is 10.9. The standard InChI is InChI=1S/C24H34N2O4/c1-18(2)13-25-14-22(30-17-19-8-7-11-21(12-19)29-3)15-26(16-23(25)27)24(28)20-9-5-4-6-10-20/h4-5,7-8,11-12,18,20,22H,6,9-10,13-17H2,1-3H3/t20-,22-/m0/s1. The molecule has 2 atom stereocenters. The molecule has 1 aliphatic heterocycles. The Labute approximate surface area is 179 Å². The Hall–Kier alpha value is -2.34. The molecule has 1 fully saturated rings. The van der Waals surface area contributed by atoms with Crippen LogP contribution in [0.2, 0.25) is 0 Å². The van der Waals surface area contributed by atoms with Crippen molar-refractivity contribution in [3.05, 3.63) is 42.0 Å². The third kappa shape index (κ3) is 6.08. The predicted molar refractivity (Wildman–Crippen MR) is 116 cm³/mol. The highest BCUT2D eigenvalue weighted by molar-refractivity contribution is 5.86. The predicted octanol–water partition coefficient (Wildman–Crippen LogP) is 3.26. The van der Waals surface area contributed by atoms with Gasteiger partial charge < -0.3 is 19.3 Å². The van der Waals surface area contributed by atoms with E-state index >= 15 is 0 Å². The first-order chi connectivity index (χ1) is 14.5. The Bertz CT molecular complexity index is 761. The van der Waals surface area contributed by atoms with Crippen LogP contribution in [-0.4, -0.2) is 61.0 Å². The van der Waals surface area contributed by atoms with E-state index in [2.05, 4.69) is 26.0 Å². The van der Waals surface area contributed by atoms with Crippen molar-refractivity contribution in [3.8, 4) is 5.75 Å². The second-order valence-corrected chi connectivity index (χ2v) is 8.68. The fraction of sp³-hybridized carbons (Fsp3) is 0.583. The van der Waals surface area contributed by atoms with E-state index in [1.54, 1.807) is 12.0 Å². The maximum absolute atomic E-state index is 13.1. The molecule has 164 valence electrons. The van der Waals surface area contributed by atoms with Crippen LogP contribution in [0.1, 0.15) is 38.7 Å². The zero-order valence-electron chi connectivity index (χ0n) is 18.4. The topological polar surface area (TPSA) is 59.1 Å². The molecule has 0 aromatic heterocycles. The summed E-state index contributed by atoms with van der Waals surface area (Å²) in [6.07, 6.45) is 6.52. The van der Waals surface area contributed by atoms with Gasteiger partial charge in [-0.3, -0.25) is 9.59 Å². The first kappa shape index (κ1) is 22.3. The monoisotopic (exact) mass is 414 g/mol. The van der Waals surface area contributed by atoms with Gasteiger partial charge in [0.2, 0.25) is 11.8 Å². The van der Waals surface area contributed by atoms with Gasteiger partial charge in [-0.2, -0.15) is 0 Å². The van der Waals surface area contributed by atoms with Crippen molar-refractivity contribution < 1.29 is 19.1 Å². The summed E-state index contributed by atoms with van der Waals surface area (Å²) in [4.78, 5) is 29.6. The molecule has 2 amide bonds. The number of allylic oxidation sites excluding steroid dienone is 2. The van der Waals surface area contributed by atoms with Crippen LogP contribution in [-0.2, 0) is 20.9 Å². The van der Waals surface area contributed by atoms with Crippen molar-refractivity contribution in [1.29, 1.82) is 0 Å². The molecule has 30 heavy (non-hydrogen) atoms. The van der Waals surface area contributed by atoms with Crippen LogP contribution in [0.4, 0.5) is 0 Å². The van der Waals surface area contributed by atoms with Crippen molar-refractivity contribution in [2.45, 2.75) is 45.8 Å². The summed E-state index contributed by atoms with van der Waals surface area (Å²) in [5.41, 5.74) is 1.01. The van der Waals surface area contributed by atoms with E-state index < -0.39 is 0 Å². The average molecular weight is 415 g/mol. The smallest absolute Gasteiger partial charge is 0.242 e. The van der Waals surface area contributed by atoms with Gasteiger partial charge >= 0.3 is 0 Å². The Morgan fingerprint density at radius 1 is 1.23 bits per heavy atom. The van der Waals surface area contributed by atoms with Gasteiger partial charge in [0, 0.05) is 25.6 Å². The fourth-order valence-corrected chi connectivity index (χ4v) is 4.12. The van der Waals surface area contributed by atoms with Gasteiger partial charge in [-0.1, -0.05) is 38.1 Å². The Morgan fingerprint density at radius 3 is 2.77 bits per heavy atom. The number of amides is 2. The van der Waals surface area contributed by atoms with Crippen LogP contribution < -0.4 is 4.74 Å². The highest BCUT2D eigenvalue weighted by atomic mass is 16.5. The molecule has 3 rings (SSSR count). The van der Waals surface area contributed by atoms with Gasteiger partial charge in [0.1, 0.15) is 5.75 Å². The molecule has 1 aromatic rings. The van der Waals surface area contributed by atoms with E-state index in [4.69, 9.17) is 9.47 Å². The molecule has 1 aliphatic carbocycles. The van der Waals surface area contributed by atoms with Gasteiger partial charge in [0.05, 0.1) is 26.4 Å². The van der Waals surface area contributed by atoms with Crippen molar-refractivity contribution in [1.82, 2.24) is 9.80 Å². The zero-order valence-corrected chi connectivity index (χ0v) is 18.4. The van der Waals surface area contributed by atoms with Gasteiger partial charge in [-0.15, -0.1) is 0 Å². The van der Waals surface area contributed by atoms with Crippen molar-refractivity contribution in [2.24, 2.45) is 11.8 Å². The molecular weight excluding hydrogens is 380 g/mol. The SMILES string of the molecule is COc1cccc(CO[C@H]2CN(CC(C)C)C(=O)CN(C(=O)[C@H]3CC=CCC3)C2)c1. The summed E-state index contributed by atoms with van der Waals surface area (Å²) >= 11 is 0.